The van der Waals surface area contributed by atoms with Crippen molar-refractivity contribution in [1.29, 1.82) is 0 Å². The molecule has 0 heterocycles. The zero-order chi connectivity index (χ0) is 7.11. The third-order valence-electron chi connectivity index (χ3n) is 0.911. The molecule has 0 saturated heterocycles. The van der Waals surface area contributed by atoms with Crippen LogP contribution < -0.4 is 0 Å². The van der Waals surface area contributed by atoms with Gasteiger partial charge < -0.3 is 4.79 Å². The van der Waals surface area contributed by atoms with Crippen LogP contribution in [0.5, 0.6) is 0 Å². The van der Waals surface area contributed by atoms with Gasteiger partial charge in [0.05, 0.1) is 4.83 Å². The van der Waals surface area contributed by atoms with Crippen molar-refractivity contribution in [3.63, 3.8) is 0 Å². The normalized spacial score (nSPS) is 14.0. The Kier molecular flexibility index (Phi) is 5.94. The molecule has 0 aromatic carbocycles. The highest BCUT2D eigenvalue weighted by Crippen LogP contribution is 2.01. The molecule has 2 heteroatoms. The quantitative estimate of drug-likeness (QED) is 0.378. The molecule has 0 amide bonds. The van der Waals surface area contributed by atoms with Gasteiger partial charge in [-0.1, -0.05) is 35.0 Å². The van der Waals surface area contributed by atoms with E-state index < -0.39 is 0 Å². The van der Waals surface area contributed by atoms with E-state index in [4.69, 9.17) is 0 Å². The maximum Gasteiger partial charge on any atom is 0.133 e. The highest BCUT2D eigenvalue weighted by molar-refractivity contribution is 9.09. The fourth-order valence-corrected chi connectivity index (χ4v) is 0.664. The number of alkyl halides is 1. The molecule has 0 rings (SSSR count). The van der Waals surface area contributed by atoms with E-state index in [-0.39, 0.29) is 4.83 Å². The van der Waals surface area contributed by atoms with E-state index in [1.807, 2.05) is 6.08 Å². The Morgan fingerprint density at radius 2 is 2.22 bits per heavy atom. The van der Waals surface area contributed by atoms with Crippen molar-refractivity contribution in [2.24, 2.45) is 0 Å². The van der Waals surface area contributed by atoms with E-state index in [9.17, 15) is 4.79 Å². The Morgan fingerprint density at radius 3 is 2.67 bits per heavy atom. The molecule has 0 saturated carbocycles. The van der Waals surface area contributed by atoms with Crippen LogP contribution in [0.15, 0.2) is 12.2 Å². The minimum Gasteiger partial charge on any atom is -0.302 e. The van der Waals surface area contributed by atoms with Gasteiger partial charge in [0.2, 0.25) is 0 Å². The number of rotatable bonds is 4. The smallest absolute Gasteiger partial charge is 0.133 e. The predicted molar refractivity (Wildman–Crippen MR) is 42.8 cm³/mol. The Labute approximate surface area is 64.3 Å². The molecule has 0 radical (unpaired) electrons. The molecule has 1 nitrogen and oxygen atoms in total. The number of allylic oxidation sites excluding steroid dienone is 2. The third-order valence-corrected chi connectivity index (χ3v) is 1.50. The summed E-state index contributed by atoms with van der Waals surface area (Å²) in [4.78, 5) is 10.0. The van der Waals surface area contributed by atoms with E-state index in [0.29, 0.717) is 0 Å². The van der Waals surface area contributed by atoms with Crippen molar-refractivity contribution in [3.8, 4) is 0 Å². The lowest BCUT2D eigenvalue weighted by molar-refractivity contribution is -0.107. The molecule has 0 fully saturated rings. The van der Waals surface area contributed by atoms with Crippen LogP contribution in [-0.4, -0.2) is 11.1 Å². The lowest BCUT2D eigenvalue weighted by atomic mass is 10.3. The Bertz CT molecular complexity index is 99.1. The number of hydrogen-bond donors (Lipinski definition) is 0. The van der Waals surface area contributed by atoms with E-state index in [1.165, 1.54) is 0 Å². The van der Waals surface area contributed by atoms with Crippen molar-refractivity contribution >= 4 is 22.2 Å². The molecular weight excluding hydrogens is 180 g/mol. The minimum atomic E-state index is 0.000278. The van der Waals surface area contributed by atoms with Crippen LogP contribution in [-0.2, 0) is 4.79 Å². The van der Waals surface area contributed by atoms with Crippen molar-refractivity contribution in [2.75, 3.05) is 0 Å². The van der Waals surface area contributed by atoms with Crippen molar-refractivity contribution in [2.45, 2.75) is 24.6 Å². The molecule has 0 aliphatic heterocycles. The van der Waals surface area contributed by atoms with E-state index in [2.05, 4.69) is 28.9 Å². The lowest BCUT2D eigenvalue weighted by Gasteiger charge is -1.91. The van der Waals surface area contributed by atoms with Crippen molar-refractivity contribution in [1.82, 2.24) is 0 Å². The van der Waals surface area contributed by atoms with E-state index in [0.717, 1.165) is 19.1 Å². The summed E-state index contributed by atoms with van der Waals surface area (Å²) in [6.07, 6.45) is 6.81. The standard InChI is InChI=1S/C7H11BrO/c1-2-3-4-5-7(8)6-9/h3-4,6-7H,2,5H2,1H3/b4-3+. The number of aldehydes is 1. The second kappa shape index (κ2) is 6.02. The van der Waals surface area contributed by atoms with Crippen LogP contribution >= 0.6 is 15.9 Å². The summed E-state index contributed by atoms with van der Waals surface area (Å²) in [5, 5.41) is 0. The lowest BCUT2D eigenvalue weighted by Crippen LogP contribution is -1.94. The van der Waals surface area contributed by atoms with Crippen LogP contribution in [0.25, 0.3) is 0 Å². The van der Waals surface area contributed by atoms with Gasteiger partial charge >= 0.3 is 0 Å². The summed E-state index contributed by atoms with van der Waals surface area (Å²) in [5.41, 5.74) is 0. The average molecular weight is 191 g/mol. The predicted octanol–water partition coefficient (Wildman–Crippen LogP) is 2.31. The number of carbonyl (C=O) groups is 1. The molecule has 1 unspecified atom stereocenters. The van der Waals surface area contributed by atoms with Crippen LogP contribution in [0.4, 0.5) is 0 Å². The SMILES string of the molecule is CC/C=C/CC(Br)C=O. The van der Waals surface area contributed by atoms with Gasteiger partial charge in [0, 0.05) is 0 Å². The first kappa shape index (κ1) is 8.89. The van der Waals surface area contributed by atoms with Gasteiger partial charge in [0.1, 0.15) is 6.29 Å². The summed E-state index contributed by atoms with van der Waals surface area (Å²) in [5.74, 6) is 0. The maximum absolute atomic E-state index is 10.0. The molecule has 0 spiro atoms. The highest BCUT2D eigenvalue weighted by Gasteiger charge is 1.94. The summed E-state index contributed by atoms with van der Waals surface area (Å²) in [6.45, 7) is 2.07. The van der Waals surface area contributed by atoms with Gasteiger partial charge in [-0.2, -0.15) is 0 Å². The average Bonchev–Trinajstić information content (AvgIpc) is 1.89. The van der Waals surface area contributed by atoms with E-state index in [1.54, 1.807) is 0 Å². The van der Waals surface area contributed by atoms with Crippen LogP contribution in [0.2, 0.25) is 0 Å². The van der Waals surface area contributed by atoms with Gasteiger partial charge in [-0.3, -0.25) is 0 Å². The van der Waals surface area contributed by atoms with Crippen LogP contribution in [0, 0.1) is 0 Å². The first-order valence-corrected chi connectivity index (χ1v) is 3.97. The number of halogens is 1. The first-order valence-electron chi connectivity index (χ1n) is 3.05. The third kappa shape index (κ3) is 5.77. The molecule has 0 aromatic rings. The van der Waals surface area contributed by atoms with Gasteiger partial charge in [-0.25, -0.2) is 0 Å². The summed E-state index contributed by atoms with van der Waals surface area (Å²) in [6, 6.07) is 0. The second-order valence-electron chi connectivity index (χ2n) is 1.77. The summed E-state index contributed by atoms with van der Waals surface area (Å²) >= 11 is 3.19. The molecule has 9 heavy (non-hydrogen) atoms. The molecule has 0 bridgehead atoms. The molecule has 0 N–H and O–H groups in total. The summed E-state index contributed by atoms with van der Waals surface area (Å²) in [7, 11) is 0. The fraction of sp³-hybridized carbons (Fsp3) is 0.571. The molecule has 52 valence electrons. The second-order valence-corrected chi connectivity index (χ2v) is 2.94. The molecule has 0 aromatic heterocycles. The van der Waals surface area contributed by atoms with Gasteiger partial charge in [-0.05, 0) is 12.8 Å². The maximum atomic E-state index is 10.0. The Hall–Kier alpha value is -0.110. The minimum absolute atomic E-state index is 0.000278. The Balaban J connectivity index is 3.25. The van der Waals surface area contributed by atoms with Crippen LogP contribution in [0.3, 0.4) is 0 Å². The monoisotopic (exact) mass is 190 g/mol. The molecule has 0 aliphatic carbocycles. The zero-order valence-corrected chi connectivity index (χ0v) is 7.10. The van der Waals surface area contributed by atoms with Crippen molar-refractivity contribution in [3.05, 3.63) is 12.2 Å². The molecular formula is C7H11BrO. The molecule has 0 aliphatic rings. The van der Waals surface area contributed by atoms with E-state index >= 15 is 0 Å². The molecule has 1 atom stereocenters. The van der Waals surface area contributed by atoms with Gasteiger partial charge in [0.15, 0.2) is 0 Å². The number of hydrogen-bond acceptors (Lipinski definition) is 1. The fourth-order valence-electron chi connectivity index (χ4n) is 0.448. The topological polar surface area (TPSA) is 17.1 Å². The summed E-state index contributed by atoms with van der Waals surface area (Å²) < 4.78 is 0. The largest absolute Gasteiger partial charge is 0.302 e. The van der Waals surface area contributed by atoms with Gasteiger partial charge in [0.25, 0.3) is 0 Å². The Morgan fingerprint density at radius 1 is 1.56 bits per heavy atom. The highest BCUT2D eigenvalue weighted by atomic mass is 79.9. The zero-order valence-electron chi connectivity index (χ0n) is 5.51. The van der Waals surface area contributed by atoms with Crippen LogP contribution in [0.1, 0.15) is 19.8 Å². The first-order chi connectivity index (χ1) is 4.31. The van der Waals surface area contributed by atoms with Gasteiger partial charge in [-0.15, -0.1) is 0 Å². The number of carbonyl (C=O) groups excluding carboxylic acids is 1. The van der Waals surface area contributed by atoms with Crippen molar-refractivity contribution < 1.29 is 4.79 Å².